The van der Waals surface area contributed by atoms with E-state index in [-0.39, 0.29) is 18.1 Å². The van der Waals surface area contributed by atoms with Crippen molar-refractivity contribution in [3.05, 3.63) is 58.4 Å². The molecule has 0 atom stereocenters. The lowest BCUT2D eigenvalue weighted by Gasteiger charge is -2.12. The van der Waals surface area contributed by atoms with E-state index in [1.54, 1.807) is 48.6 Å². The zero-order valence-electron chi connectivity index (χ0n) is 23.4. The van der Waals surface area contributed by atoms with Gasteiger partial charge in [-0.1, -0.05) is 0 Å². The fourth-order valence-electron chi connectivity index (χ4n) is 4.59. The zero-order valence-corrected chi connectivity index (χ0v) is 24.2. The first-order valence-corrected chi connectivity index (χ1v) is 13.7. The first-order valence-electron chi connectivity index (χ1n) is 12.9. The van der Waals surface area contributed by atoms with Crippen molar-refractivity contribution in [1.29, 1.82) is 0 Å². The lowest BCUT2D eigenvalue weighted by Crippen LogP contribution is -2.24. The van der Waals surface area contributed by atoms with Crippen LogP contribution in [0.1, 0.15) is 33.5 Å². The monoisotopic (exact) mass is 560 g/mol. The van der Waals surface area contributed by atoms with Crippen molar-refractivity contribution < 1.29 is 14.3 Å². The van der Waals surface area contributed by atoms with Crippen LogP contribution in [0.5, 0.6) is 11.5 Å². The van der Waals surface area contributed by atoms with Crippen LogP contribution in [-0.4, -0.2) is 56.7 Å². The summed E-state index contributed by atoms with van der Waals surface area (Å²) in [5.74, 6) is 0.994. The van der Waals surface area contributed by atoms with E-state index in [0.29, 0.717) is 23.7 Å². The quantitative estimate of drug-likeness (QED) is 0.263. The Balaban J connectivity index is 1.55. The summed E-state index contributed by atoms with van der Waals surface area (Å²) in [6.07, 6.45) is 1.77. The summed E-state index contributed by atoms with van der Waals surface area (Å²) in [7, 11) is 6.93. The third-order valence-electron chi connectivity index (χ3n) is 6.59. The number of nitrogens with zero attached hydrogens (tertiary/aromatic N) is 6. The fourth-order valence-corrected chi connectivity index (χ4v) is 5.68. The van der Waals surface area contributed by atoms with E-state index in [1.165, 1.54) is 0 Å². The Bertz CT molecular complexity index is 1690. The number of fused-ring (bicyclic) bond motifs is 1. The average Bonchev–Trinajstić information content (AvgIpc) is 3.67. The van der Waals surface area contributed by atoms with Crippen molar-refractivity contribution in [2.24, 2.45) is 7.05 Å². The molecule has 12 heteroatoms. The molecule has 0 saturated heterocycles. The standard InChI is InChI=1S/C28H32N8O3S/c1-7-36-22(10-16(2)34-36)28-33-26(24(40-28)15-29-3)25-19-14-31-35(4)21(19)12-20(32-25)27(37)30-13-17-8-9-18(38-5)11-23(17)39-6/h8-12,14,29H,7,13,15H2,1-6H3,(H,30,37). The van der Waals surface area contributed by atoms with Crippen molar-refractivity contribution in [3.63, 3.8) is 0 Å². The molecular formula is C28H32N8O3S. The maximum Gasteiger partial charge on any atom is 0.270 e. The summed E-state index contributed by atoms with van der Waals surface area (Å²) < 4.78 is 14.4. The molecule has 2 N–H and O–H groups in total. The second-order valence-electron chi connectivity index (χ2n) is 9.23. The summed E-state index contributed by atoms with van der Waals surface area (Å²) >= 11 is 1.59. The van der Waals surface area contributed by atoms with Crippen molar-refractivity contribution >= 4 is 28.1 Å². The van der Waals surface area contributed by atoms with Crippen LogP contribution in [0.15, 0.2) is 36.5 Å². The molecule has 0 aliphatic rings. The highest BCUT2D eigenvalue weighted by atomic mass is 32.1. The third kappa shape index (κ3) is 5.15. The normalized spacial score (nSPS) is 11.2. The van der Waals surface area contributed by atoms with Gasteiger partial charge >= 0.3 is 0 Å². The van der Waals surface area contributed by atoms with Gasteiger partial charge in [-0.25, -0.2) is 9.97 Å². The molecule has 0 aliphatic heterocycles. The number of carbonyl (C=O) groups excluding carboxylic acids is 1. The highest BCUT2D eigenvalue weighted by molar-refractivity contribution is 7.15. The van der Waals surface area contributed by atoms with Crippen molar-refractivity contribution in [2.45, 2.75) is 33.5 Å². The predicted molar refractivity (Wildman–Crippen MR) is 155 cm³/mol. The molecule has 208 valence electrons. The van der Waals surface area contributed by atoms with Crippen LogP contribution < -0.4 is 20.1 Å². The summed E-state index contributed by atoms with van der Waals surface area (Å²) in [5.41, 5.74) is 5.11. The van der Waals surface area contributed by atoms with Crippen LogP contribution in [0, 0.1) is 6.92 Å². The highest BCUT2D eigenvalue weighted by Crippen LogP contribution is 2.36. The molecule has 0 spiro atoms. The Hall–Kier alpha value is -4.29. The van der Waals surface area contributed by atoms with Crippen LogP contribution in [0.3, 0.4) is 0 Å². The number of pyridine rings is 1. The minimum absolute atomic E-state index is 0.263. The third-order valence-corrected chi connectivity index (χ3v) is 7.67. The van der Waals surface area contributed by atoms with Gasteiger partial charge < -0.3 is 20.1 Å². The molecule has 0 radical (unpaired) electrons. The number of ether oxygens (including phenoxy) is 2. The molecule has 0 unspecified atom stereocenters. The lowest BCUT2D eigenvalue weighted by molar-refractivity contribution is 0.0946. The van der Waals surface area contributed by atoms with Crippen LogP contribution in [0.2, 0.25) is 0 Å². The van der Waals surface area contributed by atoms with Crippen LogP contribution in [-0.2, 0) is 26.7 Å². The number of hydrogen-bond donors (Lipinski definition) is 2. The van der Waals surface area contributed by atoms with Crippen molar-refractivity contribution in [3.8, 4) is 33.6 Å². The number of thiazole rings is 1. The fraction of sp³-hybridized carbons (Fsp3) is 0.321. The minimum Gasteiger partial charge on any atom is -0.497 e. The summed E-state index contributed by atoms with van der Waals surface area (Å²) in [6.45, 7) is 5.63. The van der Waals surface area contributed by atoms with E-state index < -0.39 is 0 Å². The average molecular weight is 561 g/mol. The van der Waals surface area contributed by atoms with Crippen LogP contribution in [0.4, 0.5) is 0 Å². The van der Waals surface area contributed by atoms with Gasteiger partial charge in [0.05, 0.1) is 37.3 Å². The van der Waals surface area contributed by atoms with E-state index in [2.05, 4.69) is 27.8 Å². The van der Waals surface area contributed by atoms with E-state index in [9.17, 15) is 4.79 Å². The largest absolute Gasteiger partial charge is 0.497 e. The molecule has 40 heavy (non-hydrogen) atoms. The molecule has 1 aromatic carbocycles. The molecular weight excluding hydrogens is 528 g/mol. The van der Waals surface area contributed by atoms with Gasteiger partial charge in [0.1, 0.15) is 33.6 Å². The van der Waals surface area contributed by atoms with E-state index >= 15 is 0 Å². The Morgan fingerprint density at radius 1 is 1.07 bits per heavy atom. The maximum atomic E-state index is 13.4. The number of rotatable bonds is 10. The number of aromatic nitrogens is 6. The number of amides is 1. The Kier molecular flexibility index (Phi) is 7.81. The van der Waals surface area contributed by atoms with Gasteiger partial charge in [0, 0.05) is 48.6 Å². The number of benzene rings is 1. The van der Waals surface area contributed by atoms with Gasteiger partial charge in [0.2, 0.25) is 0 Å². The van der Waals surface area contributed by atoms with Gasteiger partial charge in [0.25, 0.3) is 5.91 Å². The van der Waals surface area contributed by atoms with E-state index in [4.69, 9.17) is 19.4 Å². The zero-order chi connectivity index (χ0) is 28.4. The van der Waals surface area contributed by atoms with Crippen molar-refractivity contribution in [1.82, 2.24) is 40.2 Å². The molecule has 4 aromatic heterocycles. The second kappa shape index (κ2) is 11.4. The van der Waals surface area contributed by atoms with Gasteiger partial charge in [-0.15, -0.1) is 11.3 Å². The number of nitrogens with one attached hydrogen (secondary N) is 2. The molecule has 0 fully saturated rings. The molecule has 5 rings (SSSR count). The highest BCUT2D eigenvalue weighted by Gasteiger charge is 2.23. The molecule has 0 aliphatic carbocycles. The van der Waals surface area contributed by atoms with Gasteiger partial charge in [-0.3, -0.25) is 14.2 Å². The second-order valence-corrected chi connectivity index (χ2v) is 10.3. The first-order chi connectivity index (χ1) is 19.4. The molecule has 1 amide bonds. The minimum atomic E-state index is -0.312. The smallest absolute Gasteiger partial charge is 0.270 e. The van der Waals surface area contributed by atoms with Gasteiger partial charge in [0.15, 0.2) is 0 Å². The molecule has 0 bridgehead atoms. The maximum absolute atomic E-state index is 13.4. The Labute approximate surface area is 236 Å². The summed E-state index contributed by atoms with van der Waals surface area (Å²) in [4.78, 5) is 24.3. The number of carbonyl (C=O) groups is 1. The van der Waals surface area contributed by atoms with Gasteiger partial charge in [-0.05, 0) is 45.2 Å². The number of hydrogen-bond acceptors (Lipinski definition) is 9. The summed E-state index contributed by atoms with van der Waals surface area (Å²) in [6, 6.07) is 9.28. The van der Waals surface area contributed by atoms with Crippen molar-refractivity contribution in [2.75, 3.05) is 21.3 Å². The Morgan fingerprint density at radius 3 is 2.62 bits per heavy atom. The molecule has 11 nitrogen and oxygen atoms in total. The predicted octanol–water partition coefficient (Wildman–Crippen LogP) is 3.95. The molecule has 0 saturated carbocycles. The van der Waals surface area contributed by atoms with Crippen LogP contribution in [0.25, 0.3) is 33.0 Å². The summed E-state index contributed by atoms with van der Waals surface area (Å²) in [5, 5.41) is 16.9. The Morgan fingerprint density at radius 2 is 1.90 bits per heavy atom. The van der Waals surface area contributed by atoms with E-state index in [1.807, 2.05) is 43.9 Å². The number of aryl methyl sites for hydroxylation is 3. The van der Waals surface area contributed by atoms with Gasteiger partial charge in [-0.2, -0.15) is 10.2 Å². The lowest BCUT2D eigenvalue weighted by atomic mass is 10.1. The number of methoxy groups -OCH3 is 2. The molecule has 4 heterocycles. The first kappa shape index (κ1) is 27.3. The SMILES string of the molecule is CCn1nc(C)cc1-c1nc(-c2nc(C(=O)NCc3ccc(OC)cc3OC)cc3c2cnn3C)c(CNC)s1. The molecule has 5 aromatic rings. The topological polar surface area (TPSA) is 121 Å². The van der Waals surface area contributed by atoms with E-state index in [0.717, 1.165) is 50.0 Å². The van der Waals surface area contributed by atoms with Crippen LogP contribution >= 0.6 is 11.3 Å².